The van der Waals surface area contributed by atoms with E-state index in [2.05, 4.69) is 46.0 Å². The molecule has 1 heterocycles. The summed E-state index contributed by atoms with van der Waals surface area (Å²) in [6, 6.07) is 18.7. The SMILES string of the molecule is COC(=O)CCCCCCCN1CCC(OC(c2ccccc2)c2ccc(OC)cc2)CC1. The van der Waals surface area contributed by atoms with Crippen LogP contribution in [0.5, 0.6) is 5.75 Å². The summed E-state index contributed by atoms with van der Waals surface area (Å²) in [5, 5.41) is 0. The highest BCUT2D eigenvalue weighted by molar-refractivity contribution is 5.68. The molecule has 0 aromatic heterocycles. The molecule has 0 radical (unpaired) electrons. The number of methoxy groups -OCH3 is 2. The Morgan fingerprint density at radius 1 is 0.879 bits per heavy atom. The van der Waals surface area contributed by atoms with Gasteiger partial charge < -0.3 is 19.1 Å². The normalized spacial score (nSPS) is 15.8. The molecule has 1 aliphatic heterocycles. The van der Waals surface area contributed by atoms with Gasteiger partial charge in [0.2, 0.25) is 0 Å². The molecule has 33 heavy (non-hydrogen) atoms. The van der Waals surface area contributed by atoms with Crippen LogP contribution in [0.2, 0.25) is 0 Å². The number of piperidine rings is 1. The maximum absolute atomic E-state index is 11.1. The average Bonchev–Trinajstić information content (AvgIpc) is 2.88. The Morgan fingerprint density at radius 2 is 1.52 bits per heavy atom. The lowest BCUT2D eigenvalue weighted by atomic mass is 9.99. The van der Waals surface area contributed by atoms with Gasteiger partial charge in [0.15, 0.2) is 0 Å². The van der Waals surface area contributed by atoms with E-state index in [9.17, 15) is 4.79 Å². The van der Waals surface area contributed by atoms with Crippen LogP contribution in [0.4, 0.5) is 0 Å². The number of ether oxygens (including phenoxy) is 3. The fourth-order valence-electron chi connectivity index (χ4n) is 4.45. The summed E-state index contributed by atoms with van der Waals surface area (Å²) in [7, 11) is 3.15. The van der Waals surface area contributed by atoms with E-state index in [-0.39, 0.29) is 18.2 Å². The molecule has 0 bridgehead atoms. The number of carbonyl (C=O) groups excluding carboxylic acids is 1. The van der Waals surface area contributed by atoms with Crippen LogP contribution in [0, 0.1) is 0 Å². The fraction of sp³-hybridized carbons (Fsp3) is 0.536. The Hall–Kier alpha value is -2.37. The smallest absolute Gasteiger partial charge is 0.305 e. The van der Waals surface area contributed by atoms with Crippen LogP contribution in [-0.2, 0) is 14.3 Å². The first-order valence-corrected chi connectivity index (χ1v) is 12.3. The summed E-state index contributed by atoms with van der Waals surface area (Å²) >= 11 is 0. The predicted molar refractivity (Wildman–Crippen MR) is 132 cm³/mol. The van der Waals surface area contributed by atoms with E-state index >= 15 is 0 Å². The highest BCUT2D eigenvalue weighted by atomic mass is 16.5. The Balaban J connectivity index is 1.41. The first-order chi connectivity index (χ1) is 16.2. The minimum atomic E-state index is -0.0958. The van der Waals surface area contributed by atoms with E-state index in [1.807, 2.05) is 18.2 Å². The van der Waals surface area contributed by atoms with Crippen LogP contribution in [0.25, 0.3) is 0 Å². The zero-order valence-corrected chi connectivity index (χ0v) is 20.2. The van der Waals surface area contributed by atoms with Gasteiger partial charge in [0.05, 0.1) is 20.3 Å². The minimum Gasteiger partial charge on any atom is -0.497 e. The van der Waals surface area contributed by atoms with Crippen molar-refractivity contribution in [3.05, 3.63) is 65.7 Å². The Kier molecular flexibility index (Phi) is 10.7. The number of carbonyl (C=O) groups is 1. The fourth-order valence-corrected chi connectivity index (χ4v) is 4.45. The van der Waals surface area contributed by atoms with Crippen LogP contribution in [0.3, 0.4) is 0 Å². The molecule has 3 rings (SSSR count). The molecule has 0 spiro atoms. The van der Waals surface area contributed by atoms with Crippen LogP contribution in [0.1, 0.15) is 68.6 Å². The van der Waals surface area contributed by atoms with Crippen LogP contribution in [-0.4, -0.2) is 50.8 Å². The number of rotatable bonds is 13. The van der Waals surface area contributed by atoms with Gasteiger partial charge in [0.1, 0.15) is 11.9 Å². The van der Waals surface area contributed by atoms with E-state index in [4.69, 9.17) is 9.47 Å². The second kappa shape index (κ2) is 14.0. The third-order valence-electron chi connectivity index (χ3n) is 6.47. The van der Waals surface area contributed by atoms with E-state index in [0.29, 0.717) is 6.42 Å². The van der Waals surface area contributed by atoms with Crippen molar-refractivity contribution >= 4 is 5.97 Å². The number of likely N-dealkylation sites (tertiary alicyclic amines) is 1. The number of benzene rings is 2. The molecule has 1 saturated heterocycles. The maximum atomic E-state index is 11.1. The zero-order chi connectivity index (χ0) is 23.3. The van der Waals surface area contributed by atoms with E-state index in [0.717, 1.165) is 56.6 Å². The summed E-state index contributed by atoms with van der Waals surface area (Å²) in [6.45, 7) is 3.35. The first kappa shape index (κ1) is 25.3. The van der Waals surface area contributed by atoms with Gasteiger partial charge in [0, 0.05) is 19.5 Å². The lowest BCUT2D eigenvalue weighted by Gasteiger charge is -2.34. The van der Waals surface area contributed by atoms with Crippen LogP contribution >= 0.6 is 0 Å². The molecular formula is C28H39NO4. The molecule has 0 aliphatic carbocycles. The van der Waals surface area contributed by atoms with Gasteiger partial charge in [-0.05, 0) is 55.5 Å². The first-order valence-electron chi connectivity index (χ1n) is 12.3. The van der Waals surface area contributed by atoms with E-state index < -0.39 is 0 Å². The second-order valence-corrected chi connectivity index (χ2v) is 8.83. The van der Waals surface area contributed by atoms with Gasteiger partial charge in [-0.2, -0.15) is 0 Å². The highest BCUT2D eigenvalue weighted by Crippen LogP contribution is 2.31. The predicted octanol–water partition coefficient (Wildman–Crippen LogP) is 5.78. The Bertz CT molecular complexity index is 800. The van der Waals surface area contributed by atoms with Gasteiger partial charge >= 0.3 is 5.97 Å². The van der Waals surface area contributed by atoms with E-state index in [1.165, 1.54) is 31.9 Å². The highest BCUT2D eigenvalue weighted by Gasteiger charge is 2.24. The van der Waals surface area contributed by atoms with Gasteiger partial charge in [0.25, 0.3) is 0 Å². The van der Waals surface area contributed by atoms with E-state index in [1.54, 1.807) is 7.11 Å². The molecule has 0 N–H and O–H groups in total. The lowest BCUT2D eigenvalue weighted by molar-refractivity contribution is -0.140. The monoisotopic (exact) mass is 453 g/mol. The minimum absolute atomic E-state index is 0.0568. The molecule has 0 amide bonds. The number of hydrogen-bond donors (Lipinski definition) is 0. The van der Waals surface area contributed by atoms with Crippen molar-refractivity contribution in [2.45, 2.75) is 63.6 Å². The van der Waals surface area contributed by atoms with Gasteiger partial charge in [-0.1, -0.05) is 61.7 Å². The molecule has 1 aliphatic rings. The van der Waals surface area contributed by atoms with Crippen molar-refractivity contribution < 1.29 is 19.0 Å². The number of hydrogen-bond acceptors (Lipinski definition) is 5. The zero-order valence-electron chi connectivity index (χ0n) is 20.2. The summed E-state index contributed by atoms with van der Waals surface area (Å²) in [4.78, 5) is 13.7. The van der Waals surface area contributed by atoms with Crippen molar-refractivity contribution in [2.75, 3.05) is 33.9 Å². The summed E-state index contributed by atoms with van der Waals surface area (Å²) in [5.41, 5.74) is 2.36. The Labute approximate surface area is 199 Å². The van der Waals surface area contributed by atoms with Crippen LogP contribution < -0.4 is 4.74 Å². The molecule has 5 heteroatoms. The number of esters is 1. The molecule has 1 atom stereocenters. The molecule has 180 valence electrons. The number of unbranched alkanes of at least 4 members (excludes halogenated alkanes) is 4. The molecule has 2 aromatic carbocycles. The topological polar surface area (TPSA) is 48.0 Å². The summed E-state index contributed by atoms with van der Waals surface area (Å²) < 4.78 is 16.7. The van der Waals surface area contributed by atoms with Crippen molar-refractivity contribution in [1.29, 1.82) is 0 Å². The molecule has 1 unspecified atom stereocenters. The maximum Gasteiger partial charge on any atom is 0.305 e. The van der Waals surface area contributed by atoms with Crippen LogP contribution in [0.15, 0.2) is 54.6 Å². The molecule has 5 nitrogen and oxygen atoms in total. The summed E-state index contributed by atoms with van der Waals surface area (Å²) in [6.07, 6.45) is 8.58. The second-order valence-electron chi connectivity index (χ2n) is 8.83. The van der Waals surface area contributed by atoms with Crippen molar-refractivity contribution in [3.63, 3.8) is 0 Å². The van der Waals surface area contributed by atoms with Gasteiger partial charge in [-0.25, -0.2) is 0 Å². The molecule has 0 saturated carbocycles. The van der Waals surface area contributed by atoms with Gasteiger partial charge in [-0.3, -0.25) is 4.79 Å². The third kappa shape index (κ3) is 8.49. The van der Waals surface area contributed by atoms with Crippen molar-refractivity contribution in [1.82, 2.24) is 4.90 Å². The largest absolute Gasteiger partial charge is 0.497 e. The van der Waals surface area contributed by atoms with Crippen molar-refractivity contribution in [2.24, 2.45) is 0 Å². The standard InChI is InChI=1S/C28H39NO4/c1-31-25-16-14-24(15-17-25)28(23-11-7-6-8-12-23)33-26-18-21-29(22-19-26)20-10-5-3-4-9-13-27(30)32-2/h6-8,11-12,14-17,26,28H,3-5,9-10,13,18-22H2,1-2H3. The molecular weight excluding hydrogens is 414 g/mol. The quantitative estimate of drug-likeness (QED) is 0.284. The lowest BCUT2D eigenvalue weighted by Crippen LogP contribution is -2.38. The number of nitrogens with zero attached hydrogens (tertiary/aromatic N) is 1. The van der Waals surface area contributed by atoms with Crippen molar-refractivity contribution in [3.8, 4) is 5.75 Å². The Morgan fingerprint density at radius 3 is 2.18 bits per heavy atom. The summed E-state index contributed by atoms with van der Waals surface area (Å²) in [5.74, 6) is 0.768. The molecule has 2 aromatic rings. The van der Waals surface area contributed by atoms with Gasteiger partial charge in [-0.15, -0.1) is 0 Å². The molecule has 1 fully saturated rings. The third-order valence-corrected chi connectivity index (χ3v) is 6.47. The average molecular weight is 454 g/mol.